The van der Waals surface area contributed by atoms with E-state index in [9.17, 15) is 19.2 Å². The summed E-state index contributed by atoms with van der Waals surface area (Å²) in [6, 6.07) is 5.72. The SMILES string of the molecule is C=C(CCCc1c(N)nc(N)[nH]c1=O)c1ccc(C(=O)N[C@H](CCC(=O)OC)C(=O)OC)cc1. The van der Waals surface area contributed by atoms with Gasteiger partial charge in [0.05, 0.1) is 19.8 Å². The Bertz CT molecular complexity index is 1110. The van der Waals surface area contributed by atoms with Gasteiger partial charge in [-0.1, -0.05) is 18.7 Å². The van der Waals surface area contributed by atoms with Gasteiger partial charge in [-0.15, -0.1) is 0 Å². The molecular weight excluding hydrogens is 442 g/mol. The second kappa shape index (κ2) is 12.2. The number of esters is 2. The second-order valence-corrected chi connectivity index (χ2v) is 7.51. The van der Waals surface area contributed by atoms with Crippen molar-refractivity contribution in [1.82, 2.24) is 15.3 Å². The number of aromatic amines is 1. The van der Waals surface area contributed by atoms with E-state index in [2.05, 4.69) is 26.6 Å². The minimum atomic E-state index is -0.982. The smallest absolute Gasteiger partial charge is 0.328 e. The van der Waals surface area contributed by atoms with E-state index in [4.69, 9.17) is 16.2 Å². The van der Waals surface area contributed by atoms with Gasteiger partial charge in [-0.25, -0.2) is 4.79 Å². The molecule has 6 N–H and O–H groups in total. The van der Waals surface area contributed by atoms with Gasteiger partial charge in [0.25, 0.3) is 11.5 Å². The molecule has 34 heavy (non-hydrogen) atoms. The van der Waals surface area contributed by atoms with Crippen molar-refractivity contribution in [2.75, 3.05) is 25.7 Å². The number of anilines is 2. The maximum atomic E-state index is 12.6. The monoisotopic (exact) mass is 471 g/mol. The number of aromatic nitrogens is 2. The van der Waals surface area contributed by atoms with Gasteiger partial charge in [0, 0.05) is 12.0 Å². The molecule has 0 aliphatic heterocycles. The number of nitrogens with two attached hydrogens (primary N) is 2. The number of hydrogen-bond acceptors (Lipinski definition) is 9. The number of methoxy groups -OCH3 is 2. The molecule has 182 valence electrons. The van der Waals surface area contributed by atoms with Crippen LogP contribution in [-0.4, -0.2) is 48.1 Å². The number of benzene rings is 1. The quantitative estimate of drug-likeness (QED) is 0.350. The van der Waals surface area contributed by atoms with E-state index in [1.165, 1.54) is 14.2 Å². The number of allylic oxidation sites excluding steroid dienone is 1. The van der Waals surface area contributed by atoms with E-state index in [1.807, 2.05) is 0 Å². The van der Waals surface area contributed by atoms with Gasteiger partial charge in [0.2, 0.25) is 5.95 Å². The van der Waals surface area contributed by atoms with Crippen molar-refractivity contribution >= 4 is 35.2 Å². The van der Waals surface area contributed by atoms with E-state index in [0.717, 1.165) is 11.1 Å². The van der Waals surface area contributed by atoms with Crippen LogP contribution in [0.2, 0.25) is 0 Å². The largest absolute Gasteiger partial charge is 0.469 e. The van der Waals surface area contributed by atoms with Crippen LogP contribution in [0.5, 0.6) is 0 Å². The van der Waals surface area contributed by atoms with Gasteiger partial charge in [-0.3, -0.25) is 19.4 Å². The molecular formula is C23H29N5O6. The molecule has 0 saturated carbocycles. The highest BCUT2D eigenvalue weighted by atomic mass is 16.5. The molecule has 0 saturated heterocycles. The second-order valence-electron chi connectivity index (χ2n) is 7.51. The minimum absolute atomic E-state index is 0.0267. The minimum Gasteiger partial charge on any atom is -0.469 e. The van der Waals surface area contributed by atoms with Crippen molar-refractivity contribution in [1.29, 1.82) is 0 Å². The molecule has 1 amide bonds. The van der Waals surface area contributed by atoms with E-state index in [-0.39, 0.29) is 30.2 Å². The highest BCUT2D eigenvalue weighted by Gasteiger charge is 2.23. The van der Waals surface area contributed by atoms with E-state index >= 15 is 0 Å². The standard InChI is InChI=1S/C23H29N5O6/c1-13(5-4-6-16-19(24)27-23(25)28-21(16)31)14-7-9-15(10-8-14)20(30)26-17(22(32)34-3)11-12-18(29)33-2/h7-10,17H,1,4-6,11-12H2,2-3H3,(H,26,30)(H5,24,25,27,28,31)/t17-/m1/s1. The summed E-state index contributed by atoms with van der Waals surface area (Å²) in [5, 5.41) is 2.58. The average Bonchev–Trinajstić information content (AvgIpc) is 2.82. The molecule has 0 aliphatic carbocycles. The van der Waals surface area contributed by atoms with Crippen LogP contribution in [0.15, 0.2) is 35.6 Å². The first-order valence-electron chi connectivity index (χ1n) is 10.5. The molecule has 2 rings (SSSR count). The average molecular weight is 472 g/mol. The molecule has 0 spiro atoms. The summed E-state index contributed by atoms with van der Waals surface area (Å²) in [5.41, 5.74) is 13.2. The summed E-state index contributed by atoms with van der Waals surface area (Å²) in [6.45, 7) is 4.06. The van der Waals surface area contributed by atoms with Gasteiger partial charge in [0.1, 0.15) is 11.9 Å². The maximum Gasteiger partial charge on any atom is 0.328 e. The van der Waals surface area contributed by atoms with Crippen LogP contribution in [-0.2, 0) is 25.5 Å². The maximum absolute atomic E-state index is 12.6. The fraction of sp³-hybridized carbons (Fsp3) is 0.348. The summed E-state index contributed by atoms with van der Waals surface area (Å²) < 4.78 is 9.26. The number of rotatable bonds is 11. The van der Waals surface area contributed by atoms with Crippen molar-refractivity contribution in [3.63, 3.8) is 0 Å². The summed E-state index contributed by atoms with van der Waals surface area (Å²) in [5.74, 6) is -1.55. The Morgan fingerprint density at radius 3 is 2.32 bits per heavy atom. The molecule has 1 atom stereocenters. The highest BCUT2D eigenvalue weighted by Crippen LogP contribution is 2.20. The lowest BCUT2D eigenvalue weighted by atomic mass is 9.99. The highest BCUT2D eigenvalue weighted by molar-refractivity contribution is 5.97. The number of hydrogen-bond donors (Lipinski definition) is 4. The number of carbonyl (C=O) groups excluding carboxylic acids is 3. The first-order valence-corrected chi connectivity index (χ1v) is 10.5. The van der Waals surface area contributed by atoms with Crippen molar-refractivity contribution in [2.45, 2.75) is 38.1 Å². The zero-order valence-electron chi connectivity index (χ0n) is 19.2. The lowest BCUT2D eigenvalue weighted by Gasteiger charge is -2.16. The predicted octanol–water partition coefficient (Wildman–Crippen LogP) is 1.20. The number of nitrogens with one attached hydrogen (secondary N) is 2. The molecule has 1 aromatic heterocycles. The first-order chi connectivity index (χ1) is 16.2. The van der Waals surface area contributed by atoms with E-state index in [0.29, 0.717) is 30.4 Å². The zero-order valence-corrected chi connectivity index (χ0v) is 19.2. The van der Waals surface area contributed by atoms with Gasteiger partial charge < -0.3 is 26.3 Å². The summed E-state index contributed by atoms with van der Waals surface area (Å²) in [7, 11) is 2.45. The normalized spacial score (nSPS) is 11.4. The molecule has 0 bridgehead atoms. The van der Waals surface area contributed by atoms with Crippen molar-refractivity contribution < 1.29 is 23.9 Å². The summed E-state index contributed by atoms with van der Waals surface area (Å²) >= 11 is 0. The molecule has 1 aromatic carbocycles. The molecule has 2 aromatic rings. The number of carbonyl (C=O) groups is 3. The Morgan fingerprint density at radius 1 is 1.09 bits per heavy atom. The van der Waals surface area contributed by atoms with Crippen LogP contribution in [0.25, 0.3) is 5.57 Å². The number of nitrogen functional groups attached to an aromatic ring is 2. The summed E-state index contributed by atoms with van der Waals surface area (Å²) in [6.07, 6.45) is 1.62. The van der Waals surface area contributed by atoms with Crippen molar-refractivity contribution in [2.24, 2.45) is 0 Å². The Kier molecular flexibility index (Phi) is 9.36. The Balaban J connectivity index is 1.95. The number of amides is 1. The molecule has 0 aliphatic rings. The molecule has 11 heteroatoms. The fourth-order valence-corrected chi connectivity index (χ4v) is 3.25. The van der Waals surface area contributed by atoms with Crippen LogP contribution in [0.3, 0.4) is 0 Å². The number of ether oxygens (including phenoxy) is 2. The third-order valence-electron chi connectivity index (χ3n) is 5.18. The zero-order chi connectivity index (χ0) is 25.3. The van der Waals surface area contributed by atoms with Gasteiger partial charge in [0.15, 0.2) is 0 Å². The Hall–Kier alpha value is -4.15. The van der Waals surface area contributed by atoms with Gasteiger partial charge in [-0.05, 0) is 49.0 Å². The predicted molar refractivity (Wildman–Crippen MR) is 127 cm³/mol. The third-order valence-corrected chi connectivity index (χ3v) is 5.18. The molecule has 1 heterocycles. The van der Waals surface area contributed by atoms with Crippen LogP contribution in [0.4, 0.5) is 11.8 Å². The topological polar surface area (TPSA) is 179 Å². The van der Waals surface area contributed by atoms with Crippen molar-refractivity contribution in [3.8, 4) is 0 Å². The van der Waals surface area contributed by atoms with Gasteiger partial charge in [-0.2, -0.15) is 4.98 Å². The fourth-order valence-electron chi connectivity index (χ4n) is 3.25. The van der Waals surface area contributed by atoms with Crippen LogP contribution in [0, 0.1) is 0 Å². The van der Waals surface area contributed by atoms with E-state index in [1.54, 1.807) is 24.3 Å². The lowest BCUT2D eigenvalue weighted by molar-refractivity contribution is -0.144. The van der Waals surface area contributed by atoms with Crippen LogP contribution in [0.1, 0.15) is 47.2 Å². The molecule has 0 unspecified atom stereocenters. The Morgan fingerprint density at radius 2 is 1.74 bits per heavy atom. The summed E-state index contributed by atoms with van der Waals surface area (Å²) in [4.78, 5) is 54.1. The van der Waals surface area contributed by atoms with Crippen LogP contribution >= 0.6 is 0 Å². The molecule has 11 nitrogen and oxygen atoms in total. The van der Waals surface area contributed by atoms with Gasteiger partial charge >= 0.3 is 11.9 Å². The molecule has 0 radical (unpaired) electrons. The Labute approximate surface area is 196 Å². The first kappa shape index (κ1) is 26.1. The lowest BCUT2D eigenvalue weighted by Crippen LogP contribution is -2.41. The molecule has 0 fully saturated rings. The number of nitrogens with zero attached hydrogens (tertiary/aromatic N) is 1. The van der Waals surface area contributed by atoms with Crippen molar-refractivity contribution in [3.05, 3.63) is 57.9 Å². The third kappa shape index (κ3) is 7.19. The number of H-pyrrole nitrogens is 1. The van der Waals surface area contributed by atoms with E-state index < -0.39 is 23.9 Å². The van der Waals surface area contributed by atoms with Crippen LogP contribution < -0.4 is 22.3 Å².